The van der Waals surface area contributed by atoms with E-state index in [1.807, 2.05) is 29.8 Å². The fourth-order valence-corrected chi connectivity index (χ4v) is 2.87. The number of nitrogen functional groups attached to an aromatic ring is 1. The number of aromatic nitrogens is 2. The van der Waals surface area contributed by atoms with Crippen molar-refractivity contribution >= 4 is 21.8 Å². The van der Waals surface area contributed by atoms with Crippen molar-refractivity contribution in [2.45, 2.75) is 27.2 Å². The number of amidine groups is 1. The molecule has 0 aliphatic heterocycles. The van der Waals surface area contributed by atoms with Gasteiger partial charge in [-0.1, -0.05) is 6.92 Å². The van der Waals surface area contributed by atoms with Gasteiger partial charge in [-0.15, -0.1) is 0 Å². The van der Waals surface area contributed by atoms with Crippen molar-refractivity contribution in [3.63, 3.8) is 0 Å². The molecule has 1 aromatic carbocycles. The van der Waals surface area contributed by atoms with Crippen LogP contribution in [0, 0.1) is 19.3 Å². The Morgan fingerprint density at radius 2 is 2.11 bits per heavy atom. The maximum absolute atomic E-state index is 7.49. The van der Waals surface area contributed by atoms with E-state index in [0.717, 1.165) is 28.0 Å². The van der Waals surface area contributed by atoms with Gasteiger partial charge in [0, 0.05) is 15.7 Å². The minimum Gasteiger partial charge on any atom is -0.384 e. The molecule has 1 aromatic heterocycles. The molecule has 0 atom stereocenters. The molecular weight excluding hydrogens is 304 g/mol. The summed E-state index contributed by atoms with van der Waals surface area (Å²) in [6, 6.07) is 5.71. The Balaban J connectivity index is 2.54. The third-order valence-electron chi connectivity index (χ3n) is 3.28. The molecule has 0 saturated carbocycles. The van der Waals surface area contributed by atoms with E-state index in [4.69, 9.17) is 11.1 Å². The predicted octanol–water partition coefficient (Wildman–Crippen LogP) is 3.10. The molecule has 100 valence electrons. The summed E-state index contributed by atoms with van der Waals surface area (Å²) in [7, 11) is 0. The second-order valence-corrected chi connectivity index (χ2v) is 5.35. The van der Waals surface area contributed by atoms with Crippen LogP contribution in [0.2, 0.25) is 0 Å². The molecule has 0 fully saturated rings. The summed E-state index contributed by atoms with van der Waals surface area (Å²) in [4.78, 5) is 0. The minimum absolute atomic E-state index is 0.0565. The molecule has 0 aliphatic carbocycles. The van der Waals surface area contributed by atoms with Crippen molar-refractivity contribution in [1.82, 2.24) is 9.78 Å². The Hall–Kier alpha value is -1.62. The van der Waals surface area contributed by atoms with Gasteiger partial charge in [0.1, 0.15) is 5.84 Å². The lowest BCUT2D eigenvalue weighted by Crippen LogP contribution is -2.12. The molecule has 0 saturated heterocycles. The molecular formula is C14H17BrN4. The smallest absolute Gasteiger partial charge is 0.123 e. The van der Waals surface area contributed by atoms with Crippen LogP contribution >= 0.6 is 15.9 Å². The van der Waals surface area contributed by atoms with E-state index in [1.54, 1.807) is 0 Å². The molecule has 0 bridgehead atoms. The van der Waals surface area contributed by atoms with Crippen LogP contribution < -0.4 is 5.73 Å². The topological polar surface area (TPSA) is 67.7 Å². The summed E-state index contributed by atoms with van der Waals surface area (Å²) in [6.45, 7) is 6.24. The number of benzene rings is 1. The van der Waals surface area contributed by atoms with Crippen LogP contribution in [0.15, 0.2) is 22.7 Å². The minimum atomic E-state index is 0.0565. The SMILES string of the molecule is CCc1c(C)nn(-c2ccc(C(=N)N)c(Br)c2)c1C. The molecule has 2 rings (SSSR count). The van der Waals surface area contributed by atoms with Gasteiger partial charge in [-0.2, -0.15) is 5.10 Å². The van der Waals surface area contributed by atoms with Gasteiger partial charge in [-0.25, -0.2) is 4.68 Å². The molecule has 2 aromatic rings. The zero-order valence-corrected chi connectivity index (χ0v) is 12.9. The number of nitrogens with zero attached hydrogens (tertiary/aromatic N) is 2. The van der Waals surface area contributed by atoms with Crippen LogP contribution in [-0.2, 0) is 6.42 Å². The summed E-state index contributed by atoms with van der Waals surface area (Å²) < 4.78 is 2.74. The molecule has 0 unspecified atom stereocenters. The summed E-state index contributed by atoms with van der Waals surface area (Å²) in [5, 5.41) is 12.1. The van der Waals surface area contributed by atoms with E-state index in [1.165, 1.54) is 5.56 Å². The van der Waals surface area contributed by atoms with Crippen LogP contribution in [0.4, 0.5) is 0 Å². The first-order valence-electron chi connectivity index (χ1n) is 6.15. The highest BCUT2D eigenvalue weighted by Gasteiger charge is 2.12. The molecule has 1 heterocycles. The molecule has 3 N–H and O–H groups in total. The van der Waals surface area contributed by atoms with Gasteiger partial charge in [-0.05, 0) is 60.0 Å². The third kappa shape index (κ3) is 2.42. The van der Waals surface area contributed by atoms with Crippen molar-refractivity contribution < 1.29 is 0 Å². The Morgan fingerprint density at radius 1 is 1.42 bits per heavy atom. The first kappa shape index (κ1) is 13.8. The van der Waals surface area contributed by atoms with Gasteiger partial charge in [0.25, 0.3) is 0 Å². The molecule has 5 heteroatoms. The highest BCUT2D eigenvalue weighted by atomic mass is 79.9. The monoisotopic (exact) mass is 320 g/mol. The summed E-state index contributed by atoms with van der Waals surface area (Å²) in [5.41, 5.74) is 10.7. The van der Waals surface area contributed by atoms with Crippen LogP contribution in [0.25, 0.3) is 5.69 Å². The molecule has 0 amide bonds. The Morgan fingerprint density at radius 3 is 2.58 bits per heavy atom. The summed E-state index contributed by atoms with van der Waals surface area (Å²) in [6.07, 6.45) is 0.977. The van der Waals surface area contributed by atoms with Crippen molar-refractivity contribution in [3.8, 4) is 5.69 Å². The van der Waals surface area contributed by atoms with Crippen molar-refractivity contribution in [1.29, 1.82) is 5.41 Å². The molecule has 0 spiro atoms. The number of nitrogens with one attached hydrogen (secondary N) is 1. The molecule has 19 heavy (non-hydrogen) atoms. The first-order chi connectivity index (χ1) is 8.95. The van der Waals surface area contributed by atoms with Gasteiger partial charge in [-0.3, -0.25) is 5.41 Å². The van der Waals surface area contributed by atoms with E-state index in [9.17, 15) is 0 Å². The highest BCUT2D eigenvalue weighted by molar-refractivity contribution is 9.10. The van der Waals surface area contributed by atoms with Crippen molar-refractivity contribution in [2.75, 3.05) is 0 Å². The predicted molar refractivity (Wildman–Crippen MR) is 81.1 cm³/mol. The Labute approximate surface area is 121 Å². The molecule has 0 aliphatic rings. The molecule has 0 radical (unpaired) electrons. The van der Waals surface area contributed by atoms with Gasteiger partial charge in [0.05, 0.1) is 11.4 Å². The standard InChI is InChI=1S/C14H17BrN4/c1-4-11-8(2)18-19(9(11)3)10-5-6-12(14(16)17)13(15)7-10/h5-7H,4H2,1-3H3,(H3,16,17). The van der Waals surface area contributed by atoms with Gasteiger partial charge in [0.2, 0.25) is 0 Å². The molecule has 4 nitrogen and oxygen atoms in total. The van der Waals surface area contributed by atoms with Crippen LogP contribution in [0.3, 0.4) is 0 Å². The largest absolute Gasteiger partial charge is 0.384 e. The third-order valence-corrected chi connectivity index (χ3v) is 3.94. The quantitative estimate of drug-likeness (QED) is 0.674. The normalized spacial score (nSPS) is 10.7. The highest BCUT2D eigenvalue weighted by Crippen LogP contribution is 2.23. The maximum Gasteiger partial charge on any atom is 0.123 e. The number of hydrogen-bond acceptors (Lipinski definition) is 2. The van der Waals surface area contributed by atoms with Gasteiger partial charge >= 0.3 is 0 Å². The average Bonchev–Trinajstić information content (AvgIpc) is 2.63. The lowest BCUT2D eigenvalue weighted by molar-refractivity contribution is 0.832. The summed E-state index contributed by atoms with van der Waals surface area (Å²) >= 11 is 3.45. The number of nitrogens with two attached hydrogens (primary N) is 1. The zero-order chi connectivity index (χ0) is 14.2. The lowest BCUT2D eigenvalue weighted by Gasteiger charge is -2.08. The number of aryl methyl sites for hydroxylation is 1. The van der Waals surface area contributed by atoms with Crippen LogP contribution in [-0.4, -0.2) is 15.6 Å². The Kier molecular flexibility index (Phi) is 3.75. The first-order valence-corrected chi connectivity index (χ1v) is 6.94. The second-order valence-electron chi connectivity index (χ2n) is 4.49. The number of rotatable bonds is 3. The number of halogens is 1. The van der Waals surface area contributed by atoms with E-state index in [-0.39, 0.29) is 5.84 Å². The van der Waals surface area contributed by atoms with E-state index in [0.29, 0.717) is 5.56 Å². The van der Waals surface area contributed by atoms with Gasteiger partial charge < -0.3 is 5.73 Å². The maximum atomic E-state index is 7.49. The average molecular weight is 321 g/mol. The Bertz CT molecular complexity index is 643. The van der Waals surface area contributed by atoms with Crippen LogP contribution in [0.1, 0.15) is 29.4 Å². The van der Waals surface area contributed by atoms with E-state index in [2.05, 4.69) is 34.9 Å². The van der Waals surface area contributed by atoms with Crippen LogP contribution in [0.5, 0.6) is 0 Å². The lowest BCUT2D eigenvalue weighted by atomic mass is 10.1. The van der Waals surface area contributed by atoms with Gasteiger partial charge in [0.15, 0.2) is 0 Å². The van der Waals surface area contributed by atoms with E-state index >= 15 is 0 Å². The second kappa shape index (κ2) is 5.17. The van der Waals surface area contributed by atoms with E-state index < -0.39 is 0 Å². The summed E-state index contributed by atoms with van der Waals surface area (Å²) in [5.74, 6) is 0.0565. The van der Waals surface area contributed by atoms with Crippen molar-refractivity contribution in [2.24, 2.45) is 5.73 Å². The fourth-order valence-electron chi connectivity index (χ4n) is 2.29. The zero-order valence-electron chi connectivity index (χ0n) is 11.3. The van der Waals surface area contributed by atoms with Crippen molar-refractivity contribution in [3.05, 3.63) is 45.2 Å². The fraction of sp³-hybridized carbons (Fsp3) is 0.286. The number of hydrogen-bond donors (Lipinski definition) is 2.